The van der Waals surface area contributed by atoms with Gasteiger partial charge >= 0.3 is 11.9 Å². The van der Waals surface area contributed by atoms with Gasteiger partial charge < -0.3 is 9.84 Å². The first-order chi connectivity index (χ1) is 10.1. The molecule has 1 aliphatic rings. The number of carbonyl (C=O) groups excluding carboxylic acids is 1. The standard InChI is InChI=1S/C15H18N2O4/c1-3-10-7-5-6-8-12(10)17-13(14(18)19)9-11(16-17)15(20)21-4-2/h5-8,13H,3-4,9H2,1-2H3,(H,18,19)/t13-/m0/s1. The molecule has 112 valence electrons. The number of aliphatic carboxylic acids is 1. The van der Waals surface area contributed by atoms with E-state index in [1.807, 2.05) is 31.2 Å². The summed E-state index contributed by atoms with van der Waals surface area (Å²) in [5, 5.41) is 15.0. The van der Waals surface area contributed by atoms with E-state index in [0.717, 1.165) is 12.0 Å². The van der Waals surface area contributed by atoms with Crippen molar-refractivity contribution in [1.82, 2.24) is 0 Å². The quantitative estimate of drug-likeness (QED) is 0.837. The van der Waals surface area contributed by atoms with Crippen molar-refractivity contribution in [2.75, 3.05) is 11.6 Å². The van der Waals surface area contributed by atoms with Crippen molar-refractivity contribution in [3.8, 4) is 0 Å². The molecule has 0 unspecified atom stereocenters. The maximum atomic E-state index is 11.8. The van der Waals surface area contributed by atoms with Crippen LogP contribution in [0.25, 0.3) is 0 Å². The maximum Gasteiger partial charge on any atom is 0.354 e. The van der Waals surface area contributed by atoms with Crippen molar-refractivity contribution >= 4 is 23.3 Å². The van der Waals surface area contributed by atoms with Crippen LogP contribution in [0.3, 0.4) is 0 Å². The molecule has 0 saturated heterocycles. The van der Waals surface area contributed by atoms with Gasteiger partial charge in [0.2, 0.25) is 0 Å². The fourth-order valence-electron chi connectivity index (χ4n) is 2.30. The number of carboxylic acid groups (broad SMARTS) is 1. The van der Waals surface area contributed by atoms with Crippen LogP contribution >= 0.6 is 0 Å². The van der Waals surface area contributed by atoms with E-state index in [2.05, 4.69) is 5.10 Å². The number of para-hydroxylation sites is 1. The van der Waals surface area contributed by atoms with E-state index in [9.17, 15) is 14.7 Å². The second-order valence-electron chi connectivity index (χ2n) is 4.65. The fraction of sp³-hybridized carbons (Fsp3) is 0.400. The summed E-state index contributed by atoms with van der Waals surface area (Å²) in [6.45, 7) is 3.92. The van der Waals surface area contributed by atoms with Gasteiger partial charge in [0.1, 0.15) is 5.71 Å². The van der Waals surface area contributed by atoms with Crippen LogP contribution < -0.4 is 5.01 Å². The number of ether oxygens (including phenoxy) is 1. The van der Waals surface area contributed by atoms with E-state index in [1.54, 1.807) is 6.92 Å². The molecule has 6 heteroatoms. The molecule has 1 aliphatic heterocycles. The highest BCUT2D eigenvalue weighted by Crippen LogP contribution is 2.28. The van der Waals surface area contributed by atoms with Crippen LogP contribution in [-0.4, -0.2) is 35.4 Å². The van der Waals surface area contributed by atoms with E-state index >= 15 is 0 Å². The number of nitrogens with zero attached hydrogens (tertiary/aromatic N) is 2. The normalized spacial score (nSPS) is 17.5. The molecule has 0 bridgehead atoms. The Morgan fingerprint density at radius 3 is 2.71 bits per heavy atom. The van der Waals surface area contributed by atoms with Gasteiger partial charge in [-0.1, -0.05) is 25.1 Å². The van der Waals surface area contributed by atoms with Gasteiger partial charge in [-0.25, -0.2) is 9.59 Å². The molecule has 21 heavy (non-hydrogen) atoms. The van der Waals surface area contributed by atoms with Crippen molar-refractivity contribution in [2.45, 2.75) is 32.7 Å². The molecule has 6 nitrogen and oxygen atoms in total. The zero-order valence-electron chi connectivity index (χ0n) is 12.1. The van der Waals surface area contributed by atoms with Crippen LogP contribution in [0.15, 0.2) is 29.4 Å². The van der Waals surface area contributed by atoms with Crippen molar-refractivity contribution < 1.29 is 19.4 Å². The average molecular weight is 290 g/mol. The number of hydrogen-bond donors (Lipinski definition) is 1. The van der Waals surface area contributed by atoms with Crippen molar-refractivity contribution in [3.63, 3.8) is 0 Å². The number of aryl methyl sites for hydroxylation is 1. The molecule has 0 saturated carbocycles. The van der Waals surface area contributed by atoms with Gasteiger partial charge in [0.05, 0.1) is 12.3 Å². The van der Waals surface area contributed by atoms with E-state index in [1.165, 1.54) is 5.01 Å². The van der Waals surface area contributed by atoms with Gasteiger partial charge in [0.15, 0.2) is 6.04 Å². The maximum absolute atomic E-state index is 11.8. The molecule has 0 fully saturated rings. The number of esters is 1. The van der Waals surface area contributed by atoms with Crippen LogP contribution in [0.5, 0.6) is 0 Å². The molecule has 1 atom stereocenters. The van der Waals surface area contributed by atoms with Gasteiger partial charge in [-0.2, -0.15) is 5.10 Å². The minimum atomic E-state index is -1.01. The lowest BCUT2D eigenvalue weighted by atomic mass is 10.1. The largest absolute Gasteiger partial charge is 0.480 e. The van der Waals surface area contributed by atoms with E-state index < -0.39 is 18.0 Å². The minimum absolute atomic E-state index is 0.0478. The highest BCUT2D eigenvalue weighted by Gasteiger charge is 2.37. The Morgan fingerprint density at radius 2 is 2.10 bits per heavy atom. The number of benzene rings is 1. The van der Waals surface area contributed by atoms with Crippen molar-refractivity contribution in [2.24, 2.45) is 5.10 Å². The molecule has 1 aromatic carbocycles. The van der Waals surface area contributed by atoms with Crippen molar-refractivity contribution in [3.05, 3.63) is 29.8 Å². The third-order valence-corrected chi connectivity index (χ3v) is 3.33. The number of carboxylic acids is 1. The zero-order chi connectivity index (χ0) is 15.4. The van der Waals surface area contributed by atoms with Gasteiger partial charge in [-0.05, 0) is 25.0 Å². The summed E-state index contributed by atoms with van der Waals surface area (Å²) >= 11 is 0. The summed E-state index contributed by atoms with van der Waals surface area (Å²) in [6.07, 6.45) is 0.801. The Balaban J connectivity index is 2.37. The molecular weight excluding hydrogens is 272 g/mol. The summed E-state index contributed by atoms with van der Waals surface area (Å²) in [5.74, 6) is -1.57. The summed E-state index contributed by atoms with van der Waals surface area (Å²) in [4.78, 5) is 23.2. The smallest absolute Gasteiger partial charge is 0.354 e. The first kappa shape index (κ1) is 15.0. The number of anilines is 1. The molecule has 0 radical (unpaired) electrons. The first-order valence-electron chi connectivity index (χ1n) is 6.93. The third-order valence-electron chi connectivity index (χ3n) is 3.33. The second kappa shape index (κ2) is 6.39. The number of hydrogen-bond acceptors (Lipinski definition) is 5. The lowest BCUT2D eigenvalue weighted by Crippen LogP contribution is -2.35. The second-order valence-corrected chi connectivity index (χ2v) is 4.65. The van der Waals surface area contributed by atoms with Gasteiger partial charge in [-0.15, -0.1) is 0 Å². The van der Waals surface area contributed by atoms with E-state index in [4.69, 9.17) is 4.74 Å². The predicted octanol–water partition coefficient (Wildman–Crippen LogP) is 1.83. The minimum Gasteiger partial charge on any atom is -0.480 e. The summed E-state index contributed by atoms with van der Waals surface area (Å²) in [7, 11) is 0. The van der Waals surface area contributed by atoms with Crippen LogP contribution in [0.4, 0.5) is 5.69 Å². The monoisotopic (exact) mass is 290 g/mol. The van der Waals surface area contributed by atoms with Gasteiger partial charge in [0, 0.05) is 6.42 Å². The Morgan fingerprint density at radius 1 is 1.38 bits per heavy atom. The van der Waals surface area contributed by atoms with E-state index in [0.29, 0.717) is 5.69 Å². The van der Waals surface area contributed by atoms with Crippen LogP contribution in [-0.2, 0) is 20.7 Å². The molecule has 0 amide bonds. The molecule has 0 spiro atoms. The Hall–Kier alpha value is -2.37. The predicted molar refractivity (Wildman–Crippen MR) is 78.4 cm³/mol. The van der Waals surface area contributed by atoms with Crippen LogP contribution in [0.2, 0.25) is 0 Å². The number of carbonyl (C=O) groups is 2. The van der Waals surface area contributed by atoms with Gasteiger partial charge in [0.25, 0.3) is 0 Å². The Labute approximate surface area is 123 Å². The Kier molecular flexibility index (Phi) is 4.57. The molecule has 2 rings (SSSR count). The summed E-state index contributed by atoms with van der Waals surface area (Å²) < 4.78 is 4.91. The topological polar surface area (TPSA) is 79.2 Å². The number of rotatable bonds is 5. The Bertz CT molecular complexity index is 583. The lowest BCUT2D eigenvalue weighted by Gasteiger charge is -2.22. The fourth-order valence-corrected chi connectivity index (χ4v) is 2.30. The molecule has 1 heterocycles. The highest BCUT2D eigenvalue weighted by atomic mass is 16.5. The molecular formula is C15H18N2O4. The van der Waals surface area contributed by atoms with Crippen LogP contribution in [0.1, 0.15) is 25.8 Å². The number of hydrazone groups is 1. The average Bonchev–Trinajstić information content (AvgIpc) is 2.92. The summed E-state index contributed by atoms with van der Waals surface area (Å²) in [5.41, 5.74) is 1.85. The molecule has 0 aromatic heterocycles. The molecule has 1 N–H and O–H groups in total. The van der Waals surface area contributed by atoms with Crippen molar-refractivity contribution in [1.29, 1.82) is 0 Å². The van der Waals surface area contributed by atoms with E-state index in [-0.39, 0.29) is 18.7 Å². The third kappa shape index (κ3) is 3.04. The molecule has 0 aliphatic carbocycles. The van der Waals surface area contributed by atoms with Gasteiger partial charge in [-0.3, -0.25) is 5.01 Å². The zero-order valence-corrected chi connectivity index (χ0v) is 12.1. The highest BCUT2D eigenvalue weighted by molar-refractivity contribution is 6.38. The first-order valence-corrected chi connectivity index (χ1v) is 6.93. The summed E-state index contributed by atoms with van der Waals surface area (Å²) in [6, 6.07) is 6.57. The lowest BCUT2D eigenvalue weighted by molar-refractivity contribution is -0.138. The molecule has 1 aromatic rings. The van der Waals surface area contributed by atoms with Crippen LogP contribution in [0, 0.1) is 0 Å². The SMILES string of the molecule is CCOC(=O)C1=NN(c2ccccc2CC)[C@H](C(=O)O)C1.